The number of nitrogens with zero attached hydrogens (tertiary/aromatic N) is 4. The van der Waals surface area contributed by atoms with Crippen LogP contribution in [0.2, 0.25) is 0 Å². The Morgan fingerprint density at radius 1 is 1.28 bits per heavy atom. The van der Waals surface area contributed by atoms with Crippen LogP contribution in [0.25, 0.3) is 11.2 Å². The molecular weight excluding hydrogens is 542 g/mol. The molecule has 1 amide bonds. The Labute approximate surface area is 245 Å². The van der Waals surface area contributed by atoms with Crippen molar-refractivity contribution < 1.29 is 62.7 Å². The van der Waals surface area contributed by atoms with E-state index < -0.39 is 32.4 Å². The molecule has 5 rings (SSSR count). The molecule has 204 valence electrons. The van der Waals surface area contributed by atoms with E-state index in [9.17, 15) is 19.4 Å². The molecule has 0 spiro atoms. The number of unbranched alkanes of at least 4 members (excludes halogenated alkanes) is 1. The fraction of sp³-hybridized carbons (Fsp3) is 0.455. The van der Waals surface area contributed by atoms with E-state index in [4.69, 9.17) is 19.5 Å². The first-order valence-corrected chi connectivity index (χ1v) is 13.5. The molecule has 2 fully saturated rings. The average molecular weight is 570 g/mol. The van der Waals surface area contributed by atoms with Crippen LogP contribution >= 0.6 is 7.82 Å². The number of nitrogens with two attached hydrogens (primary N) is 1. The summed E-state index contributed by atoms with van der Waals surface area (Å²) in [5, 5.41) is 20.0. The van der Waals surface area contributed by atoms with E-state index in [-0.39, 0.29) is 47.9 Å². The van der Waals surface area contributed by atoms with Crippen molar-refractivity contribution in [3.8, 4) is 0 Å². The SMILES string of the molecule is CNc1ccccc1C(=O)NCCCCNc1nc2c(N)ncnc2n1[C@@H]1O[C@@H]2COP(=O)([O-])O[C@H]2[C@H]1O.[Na+]. The van der Waals surface area contributed by atoms with Crippen LogP contribution in [0.3, 0.4) is 0 Å². The van der Waals surface area contributed by atoms with Crippen molar-refractivity contribution in [2.75, 3.05) is 43.1 Å². The van der Waals surface area contributed by atoms with Gasteiger partial charge in [0.2, 0.25) is 5.95 Å². The molecule has 1 unspecified atom stereocenters. The molecule has 0 radical (unpaired) electrons. The van der Waals surface area contributed by atoms with Crippen molar-refractivity contribution in [3.05, 3.63) is 36.2 Å². The number of fused-ring (bicyclic) bond motifs is 2. The number of hydrogen-bond acceptors (Lipinski definition) is 13. The third-order valence-corrected chi connectivity index (χ3v) is 7.30. The van der Waals surface area contributed by atoms with Crippen LogP contribution < -0.4 is 56.1 Å². The quantitative estimate of drug-likeness (QED) is 0.100. The number of phosphoric ester groups is 1. The monoisotopic (exact) mass is 570 g/mol. The van der Waals surface area contributed by atoms with Gasteiger partial charge in [0.15, 0.2) is 23.2 Å². The van der Waals surface area contributed by atoms with Crippen molar-refractivity contribution in [1.82, 2.24) is 24.8 Å². The van der Waals surface area contributed by atoms with Gasteiger partial charge in [0.25, 0.3) is 13.7 Å². The zero-order valence-corrected chi connectivity index (χ0v) is 24.3. The van der Waals surface area contributed by atoms with E-state index in [0.717, 1.165) is 5.69 Å². The van der Waals surface area contributed by atoms with E-state index in [1.54, 1.807) is 19.2 Å². The minimum absolute atomic E-state index is 0. The number of nitrogen functional groups attached to an aromatic ring is 1. The second kappa shape index (κ2) is 12.5. The molecular formula is C22H28N8NaO7P. The summed E-state index contributed by atoms with van der Waals surface area (Å²) in [5.41, 5.74) is 7.90. The molecule has 17 heteroatoms. The molecule has 1 aromatic carbocycles. The van der Waals surface area contributed by atoms with E-state index in [1.807, 2.05) is 12.1 Å². The van der Waals surface area contributed by atoms with E-state index >= 15 is 0 Å². The number of benzene rings is 1. The molecule has 4 heterocycles. The van der Waals surface area contributed by atoms with Crippen molar-refractivity contribution in [1.29, 1.82) is 0 Å². The Morgan fingerprint density at radius 3 is 2.85 bits per heavy atom. The van der Waals surface area contributed by atoms with Crippen LogP contribution in [0, 0.1) is 0 Å². The molecule has 15 nitrogen and oxygen atoms in total. The minimum atomic E-state index is -4.53. The summed E-state index contributed by atoms with van der Waals surface area (Å²) in [4.78, 5) is 36.9. The number of ether oxygens (including phenoxy) is 1. The fourth-order valence-electron chi connectivity index (χ4n) is 4.48. The maximum Gasteiger partial charge on any atom is 1.00 e. The molecule has 3 aromatic rings. The van der Waals surface area contributed by atoms with Crippen LogP contribution in [0.4, 0.5) is 17.5 Å². The Bertz CT molecular complexity index is 1380. The van der Waals surface area contributed by atoms with Crippen molar-refractivity contribution in [2.24, 2.45) is 0 Å². The molecule has 0 bridgehead atoms. The number of carbonyl (C=O) groups is 1. The van der Waals surface area contributed by atoms with Gasteiger partial charge in [0.1, 0.15) is 24.6 Å². The number of carbonyl (C=O) groups excluding carboxylic acids is 1. The number of aliphatic hydroxyl groups is 1. The summed E-state index contributed by atoms with van der Waals surface area (Å²) in [5.74, 6) is 0.268. The van der Waals surface area contributed by atoms with E-state index in [0.29, 0.717) is 48.6 Å². The Morgan fingerprint density at radius 2 is 2.05 bits per heavy atom. The van der Waals surface area contributed by atoms with Gasteiger partial charge in [0, 0.05) is 25.8 Å². The summed E-state index contributed by atoms with van der Waals surface area (Å²) < 4.78 is 28.8. The summed E-state index contributed by atoms with van der Waals surface area (Å²) in [6.07, 6.45) is -1.76. The van der Waals surface area contributed by atoms with Gasteiger partial charge in [-0.05, 0) is 25.0 Å². The van der Waals surface area contributed by atoms with Gasteiger partial charge in [-0.3, -0.25) is 13.9 Å². The van der Waals surface area contributed by atoms with Crippen molar-refractivity contribution in [3.63, 3.8) is 0 Å². The Kier molecular flexibility index (Phi) is 9.47. The minimum Gasteiger partial charge on any atom is -0.756 e. The number of rotatable bonds is 9. The zero-order valence-electron chi connectivity index (χ0n) is 21.4. The second-order valence-electron chi connectivity index (χ2n) is 8.79. The summed E-state index contributed by atoms with van der Waals surface area (Å²) in [6.45, 7) is 0.647. The van der Waals surface area contributed by atoms with Gasteiger partial charge < -0.3 is 45.5 Å². The standard InChI is InChI=1S/C22H29N8O7P.Na/c1-24-13-7-3-2-6-12(13)20(32)25-8-4-5-9-26-22-29-15-18(23)27-11-28-19(15)30(22)21-16(31)17-14(36-21)10-35-38(33,34)37-17;/h2-3,6-7,11,14,16-17,21,24,31H,4-5,8-10H2,1H3,(H,25,32)(H,26,29)(H,33,34)(H2,23,27,28);/q;+1/p-1/t14-,16-,17-,21-;/m1./s1. The maximum absolute atomic E-state index is 12.5. The number of aliphatic hydroxyl groups excluding tert-OH is 1. The number of hydrogen-bond donors (Lipinski definition) is 5. The van der Waals surface area contributed by atoms with Crippen LogP contribution in [-0.2, 0) is 18.3 Å². The molecule has 39 heavy (non-hydrogen) atoms. The van der Waals surface area contributed by atoms with Crippen LogP contribution in [0.5, 0.6) is 0 Å². The van der Waals surface area contributed by atoms with Gasteiger partial charge in [-0.2, -0.15) is 0 Å². The molecule has 0 saturated carbocycles. The largest absolute Gasteiger partial charge is 1.00 e. The number of amides is 1. The van der Waals surface area contributed by atoms with E-state index in [1.165, 1.54) is 10.9 Å². The number of imidazole rings is 1. The normalized spacial score (nSPS) is 26.0. The van der Waals surface area contributed by atoms with E-state index in [2.05, 4.69) is 30.9 Å². The Hall–Kier alpha value is -2.33. The first-order chi connectivity index (χ1) is 18.3. The first kappa shape index (κ1) is 29.6. The summed E-state index contributed by atoms with van der Waals surface area (Å²) in [7, 11) is -2.77. The topological polar surface area (TPSA) is 211 Å². The van der Waals surface area contributed by atoms with Crippen LogP contribution in [-0.4, -0.2) is 75.6 Å². The van der Waals surface area contributed by atoms with Gasteiger partial charge >= 0.3 is 29.6 Å². The zero-order chi connectivity index (χ0) is 26.9. The first-order valence-electron chi connectivity index (χ1n) is 12.0. The molecule has 2 aliphatic rings. The molecule has 5 atom stereocenters. The fourth-order valence-corrected chi connectivity index (χ4v) is 5.43. The third kappa shape index (κ3) is 6.21. The summed E-state index contributed by atoms with van der Waals surface area (Å²) >= 11 is 0. The van der Waals surface area contributed by atoms with Gasteiger partial charge in [0.05, 0.1) is 12.2 Å². The number of aromatic nitrogens is 4. The number of phosphoric acid groups is 1. The van der Waals surface area contributed by atoms with Crippen LogP contribution in [0.1, 0.15) is 29.4 Å². The predicted molar refractivity (Wildman–Crippen MR) is 134 cm³/mol. The Balaban J connectivity index is 0.00000353. The maximum atomic E-state index is 12.5. The van der Waals surface area contributed by atoms with Gasteiger partial charge in [-0.15, -0.1) is 0 Å². The number of para-hydroxylation sites is 1. The smallest absolute Gasteiger partial charge is 0.756 e. The predicted octanol–water partition coefficient (Wildman–Crippen LogP) is -2.78. The molecule has 2 saturated heterocycles. The second-order valence-corrected chi connectivity index (χ2v) is 10.2. The van der Waals surface area contributed by atoms with Crippen molar-refractivity contribution in [2.45, 2.75) is 37.4 Å². The van der Waals surface area contributed by atoms with Gasteiger partial charge in [-0.25, -0.2) is 15.0 Å². The number of anilines is 3. The van der Waals surface area contributed by atoms with Crippen molar-refractivity contribution >= 4 is 42.3 Å². The third-order valence-electron chi connectivity index (χ3n) is 6.33. The van der Waals surface area contributed by atoms with Crippen LogP contribution in [0.15, 0.2) is 30.6 Å². The average Bonchev–Trinajstić information content (AvgIpc) is 3.43. The summed E-state index contributed by atoms with van der Waals surface area (Å²) in [6, 6.07) is 7.25. The number of nitrogens with one attached hydrogen (secondary N) is 3. The molecule has 0 aliphatic carbocycles. The molecule has 2 aromatic heterocycles. The molecule has 6 N–H and O–H groups in total. The van der Waals surface area contributed by atoms with Gasteiger partial charge in [-0.1, -0.05) is 12.1 Å². The molecule has 2 aliphatic heterocycles.